The molecular formula is C36H32O. The van der Waals surface area contributed by atoms with Crippen LogP contribution in [0.4, 0.5) is 0 Å². The Kier molecular flexibility index (Phi) is 4.88. The standard InChI is InChI=1S/C36H32O/c1-24-13-15-28-30(21-24)33(37)23-32-34(28)29-16-14-25(2)22-31(29)36(32)19-17-35(18-20-36,26-9-5-3-6-10-26)27-11-7-4-8-12-27/h3-16,21-23,37H,17-20H2,1-2H3. The van der Waals surface area contributed by atoms with Gasteiger partial charge in [0.05, 0.1) is 0 Å². The van der Waals surface area contributed by atoms with Crippen LogP contribution in [0.1, 0.15) is 59.1 Å². The summed E-state index contributed by atoms with van der Waals surface area (Å²) in [4.78, 5) is 0. The first-order chi connectivity index (χ1) is 18.0. The van der Waals surface area contributed by atoms with Gasteiger partial charge >= 0.3 is 0 Å². The largest absolute Gasteiger partial charge is 0.507 e. The number of phenols is 1. The summed E-state index contributed by atoms with van der Waals surface area (Å²) in [5, 5.41) is 13.4. The van der Waals surface area contributed by atoms with E-state index < -0.39 is 0 Å². The Hall–Kier alpha value is -3.84. The number of hydrogen-bond acceptors (Lipinski definition) is 1. The van der Waals surface area contributed by atoms with Crippen molar-refractivity contribution in [1.29, 1.82) is 0 Å². The molecule has 1 fully saturated rings. The van der Waals surface area contributed by atoms with Gasteiger partial charge in [0.25, 0.3) is 0 Å². The molecule has 2 aliphatic carbocycles. The van der Waals surface area contributed by atoms with E-state index in [9.17, 15) is 5.11 Å². The van der Waals surface area contributed by atoms with Crippen LogP contribution in [-0.2, 0) is 10.8 Å². The fraction of sp³-hybridized carbons (Fsp3) is 0.222. The maximum atomic E-state index is 11.3. The molecule has 1 spiro atoms. The van der Waals surface area contributed by atoms with Gasteiger partial charge in [-0.05, 0) is 90.4 Å². The van der Waals surface area contributed by atoms with Crippen molar-refractivity contribution >= 4 is 10.8 Å². The van der Waals surface area contributed by atoms with Gasteiger partial charge in [-0.1, -0.05) is 102 Å². The number of fused-ring (bicyclic) bond motifs is 7. The van der Waals surface area contributed by atoms with Crippen LogP contribution in [0.2, 0.25) is 0 Å². The molecule has 1 nitrogen and oxygen atoms in total. The van der Waals surface area contributed by atoms with E-state index in [0.717, 1.165) is 31.1 Å². The molecule has 2 aliphatic rings. The second-order valence-corrected chi connectivity index (χ2v) is 11.3. The van der Waals surface area contributed by atoms with Crippen LogP contribution in [0.3, 0.4) is 0 Å². The topological polar surface area (TPSA) is 20.2 Å². The molecule has 7 rings (SSSR count). The van der Waals surface area contributed by atoms with Crippen LogP contribution in [-0.4, -0.2) is 5.11 Å². The molecule has 182 valence electrons. The molecule has 0 saturated heterocycles. The Labute approximate surface area is 219 Å². The fourth-order valence-corrected chi connectivity index (χ4v) is 7.51. The van der Waals surface area contributed by atoms with E-state index >= 15 is 0 Å². The predicted molar refractivity (Wildman–Crippen MR) is 153 cm³/mol. The Morgan fingerprint density at radius 1 is 0.541 bits per heavy atom. The number of rotatable bonds is 2. The first kappa shape index (κ1) is 22.4. The molecule has 0 amide bonds. The van der Waals surface area contributed by atoms with Crippen molar-refractivity contribution in [3.8, 4) is 16.9 Å². The van der Waals surface area contributed by atoms with E-state index in [1.165, 1.54) is 49.9 Å². The SMILES string of the molecule is Cc1ccc2c(c1)C1(CCC(c3ccccc3)(c3ccccc3)CC1)c1cc(O)c3cc(C)ccc3c1-2. The monoisotopic (exact) mass is 480 g/mol. The van der Waals surface area contributed by atoms with Gasteiger partial charge in [0.15, 0.2) is 0 Å². The van der Waals surface area contributed by atoms with Crippen molar-refractivity contribution in [2.24, 2.45) is 0 Å². The zero-order valence-corrected chi connectivity index (χ0v) is 21.6. The van der Waals surface area contributed by atoms with Gasteiger partial charge in [-0.25, -0.2) is 0 Å². The van der Waals surface area contributed by atoms with Crippen LogP contribution in [0.25, 0.3) is 21.9 Å². The van der Waals surface area contributed by atoms with E-state index in [-0.39, 0.29) is 10.8 Å². The van der Waals surface area contributed by atoms with Gasteiger partial charge in [0.2, 0.25) is 0 Å². The fourth-order valence-electron chi connectivity index (χ4n) is 7.51. The molecule has 1 saturated carbocycles. The smallest absolute Gasteiger partial charge is 0.123 e. The van der Waals surface area contributed by atoms with Gasteiger partial charge in [-0.15, -0.1) is 0 Å². The summed E-state index contributed by atoms with van der Waals surface area (Å²) in [6.45, 7) is 4.30. The summed E-state index contributed by atoms with van der Waals surface area (Å²) < 4.78 is 0. The van der Waals surface area contributed by atoms with E-state index in [2.05, 4.69) is 117 Å². The number of benzene rings is 5. The highest BCUT2D eigenvalue weighted by atomic mass is 16.3. The van der Waals surface area contributed by atoms with E-state index in [1.807, 2.05) is 0 Å². The highest BCUT2D eigenvalue weighted by molar-refractivity contribution is 6.05. The molecule has 5 aromatic carbocycles. The lowest BCUT2D eigenvalue weighted by Crippen LogP contribution is -2.40. The summed E-state index contributed by atoms with van der Waals surface area (Å²) in [6.07, 6.45) is 4.25. The zero-order chi connectivity index (χ0) is 25.2. The second kappa shape index (κ2) is 8.08. The summed E-state index contributed by atoms with van der Waals surface area (Å²) in [5.74, 6) is 0.407. The normalized spacial score (nSPS) is 17.0. The lowest BCUT2D eigenvalue weighted by Gasteiger charge is -2.47. The van der Waals surface area contributed by atoms with Gasteiger partial charge < -0.3 is 5.11 Å². The molecule has 0 aliphatic heterocycles. The second-order valence-electron chi connectivity index (χ2n) is 11.3. The number of phenolic OH excluding ortho intramolecular Hbond substituents is 1. The van der Waals surface area contributed by atoms with Crippen LogP contribution in [0.5, 0.6) is 5.75 Å². The molecule has 37 heavy (non-hydrogen) atoms. The quantitative estimate of drug-likeness (QED) is 0.267. The van der Waals surface area contributed by atoms with Crippen LogP contribution in [0, 0.1) is 13.8 Å². The van der Waals surface area contributed by atoms with E-state index in [0.29, 0.717) is 5.75 Å². The summed E-state index contributed by atoms with van der Waals surface area (Å²) >= 11 is 0. The van der Waals surface area contributed by atoms with Gasteiger partial charge in [0.1, 0.15) is 5.75 Å². The minimum atomic E-state index is -0.0830. The number of aryl methyl sites for hydroxylation is 2. The maximum Gasteiger partial charge on any atom is 0.123 e. The molecule has 5 aromatic rings. The van der Waals surface area contributed by atoms with Crippen LogP contribution >= 0.6 is 0 Å². The third-order valence-electron chi connectivity index (χ3n) is 9.36. The summed E-state index contributed by atoms with van der Waals surface area (Å²) in [7, 11) is 0. The maximum absolute atomic E-state index is 11.3. The lowest BCUT2D eigenvalue weighted by atomic mass is 9.56. The summed E-state index contributed by atoms with van der Waals surface area (Å²) in [6, 6.07) is 37.8. The van der Waals surface area contributed by atoms with Crippen molar-refractivity contribution < 1.29 is 5.11 Å². The number of aromatic hydroxyl groups is 1. The molecular weight excluding hydrogens is 448 g/mol. The summed E-state index contributed by atoms with van der Waals surface area (Å²) in [5.41, 5.74) is 10.7. The highest BCUT2D eigenvalue weighted by Crippen LogP contribution is 2.62. The van der Waals surface area contributed by atoms with Gasteiger partial charge in [0, 0.05) is 16.2 Å². The molecule has 0 bridgehead atoms. The van der Waals surface area contributed by atoms with Crippen molar-refractivity contribution in [3.05, 3.63) is 137 Å². The molecule has 0 atom stereocenters. The molecule has 0 aromatic heterocycles. The minimum Gasteiger partial charge on any atom is -0.507 e. The Morgan fingerprint density at radius 2 is 1.11 bits per heavy atom. The third kappa shape index (κ3) is 3.16. The van der Waals surface area contributed by atoms with Gasteiger partial charge in [-0.2, -0.15) is 0 Å². The van der Waals surface area contributed by atoms with E-state index in [1.54, 1.807) is 0 Å². The van der Waals surface area contributed by atoms with Crippen molar-refractivity contribution in [2.45, 2.75) is 50.4 Å². The predicted octanol–water partition coefficient (Wildman–Crippen LogP) is 8.99. The van der Waals surface area contributed by atoms with Crippen LogP contribution < -0.4 is 0 Å². The lowest BCUT2D eigenvalue weighted by molar-refractivity contribution is 0.260. The Bertz CT molecular complexity index is 1600. The minimum absolute atomic E-state index is 0.00346. The van der Waals surface area contributed by atoms with E-state index in [4.69, 9.17) is 0 Å². The molecule has 1 heteroatoms. The molecule has 0 radical (unpaired) electrons. The Balaban J connectivity index is 1.44. The van der Waals surface area contributed by atoms with Crippen LogP contribution in [0.15, 0.2) is 103 Å². The van der Waals surface area contributed by atoms with Crippen molar-refractivity contribution in [1.82, 2.24) is 0 Å². The molecule has 0 heterocycles. The molecule has 1 N–H and O–H groups in total. The van der Waals surface area contributed by atoms with Crippen molar-refractivity contribution in [3.63, 3.8) is 0 Å². The molecule has 0 unspecified atom stereocenters. The first-order valence-electron chi connectivity index (χ1n) is 13.5. The average molecular weight is 481 g/mol. The third-order valence-corrected chi connectivity index (χ3v) is 9.36. The zero-order valence-electron chi connectivity index (χ0n) is 21.6. The first-order valence-corrected chi connectivity index (χ1v) is 13.5. The highest BCUT2D eigenvalue weighted by Gasteiger charge is 2.51. The number of hydrogen-bond donors (Lipinski definition) is 1. The van der Waals surface area contributed by atoms with Crippen molar-refractivity contribution in [2.75, 3.05) is 0 Å². The average Bonchev–Trinajstić information content (AvgIpc) is 3.19. The van der Waals surface area contributed by atoms with Gasteiger partial charge in [-0.3, -0.25) is 0 Å². The Morgan fingerprint density at radius 3 is 1.76 bits per heavy atom.